The van der Waals surface area contributed by atoms with Crippen molar-refractivity contribution in [3.8, 4) is 0 Å². The minimum Gasteiger partial charge on any atom is -0.300 e. The highest BCUT2D eigenvalue weighted by atomic mass is 35.5. The number of thioether (sulfide) groups is 1. The van der Waals surface area contributed by atoms with Crippen LogP contribution in [0.4, 0.5) is 5.13 Å². The lowest BCUT2D eigenvalue weighted by Gasteiger charge is -2.10. The molecule has 0 aliphatic heterocycles. The van der Waals surface area contributed by atoms with Gasteiger partial charge in [0.05, 0.1) is 5.41 Å². The van der Waals surface area contributed by atoms with Crippen LogP contribution in [0.15, 0.2) is 34.7 Å². The Labute approximate surface area is 153 Å². The van der Waals surface area contributed by atoms with Crippen molar-refractivity contribution < 1.29 is 4.79 Å². The molecule has 3 rings (SSSR count). The van der Waals surface area contributed by atoms with E-state index >= 15 is 0 Å². The first-order chi connectivity index (χ1) is 10.8. The van der Waals surface area contributed by atoms with E-state index in [1.165, 1.54) is 16.9 Å². The number of nitrogens with one attached hydrogen (secondary N) is 1. The molecule has 4 nitrogen and oxygen atoms in total. The van der Waals surface area contributed by atoms with Gasteiger partial charge in [0.2, 0.25) is 11.0 Å². The second kappa shape index (κ2) is 6.24. The lowest BCUT2D eigenvalue weighted by molar-refractivity contribution is -0.120. The number of alkyl halides is 2. The van der Waals surface area contributed by atoms with Gasteiger partial charge in [-0.2, -0.15) is 0 Å². The van der Waals surface area contributed by atoms with Gasteiger partial charge in [-0.25, -0.2) is 0 Å². The largest absolute Gasteiger partial charge is 0.300 e. The summed E-state index contributed by atoms with van der Waals surface area (Å²) in [4.78, 5) is 12.2. The molecule has 1 aromatic heterocycles. The zero-order chi connectivity index (χ0) is 16.7. The van der Waals surface area contributed by atoms with Crippen molar-refractivity contribution in [2.75, 3.05) is 5.32 Å². The van der Waals surface area contributed by atoms with Crippen LogP contribution in [-0.4, -0.2) is 20.4 Å². The fourth-order valence-corrected chi connectivity index (χ4v) is 4.86. The Hall–Kier alpha value is -0.820. The molecule has 0 unspecified atom stereocenters. The van der Waals surface area contributed by atoms with Crippen LogP contribution in [0.1, 0.15) is 31.1 Å². The molecule has 1 aromatic carbocycles. The molecule has 122 valence electrons. The smallest absolute Gasteiger partial charge is 0.235 e. The third-order valence-electron chi connectivity index (χ3n) is 3.93. The maximum Gasteiger partial charge on any atom is 0.235 e. The summed E-state index contributed by atoms with van der Waals surface area (Å²) in [5, 5.41) is 11.6. The molecule has 8 heteroatoms. The fraction of sp³-hybridized carbons (Fsp3) is 0.400. The minimum atomic E-state index is -0.985. The zero-order valence-electron chi connectivity index (χ0n) is 12.5. The summed E-state index contributed by atoms with van der Waals surface area (Å²) in [5.74, 6) is -0.216. The normalized spacial score (nSPS) is 23.3. The first-order valence-electron chi connectivity index (χ1n) is 7.06. The molecule has 23 heavy (non-hydrogen) atoms. The lowest BCUT2D eigenvalue weighted by atomic mass is 10.1. The lowest BCUT2D eigenvalue weighted by Crippen LogP contribution is -2.25. The van der Waals surface area contributed by atoms with Crippen molar-refractivity contribution >= 4 is 57.3 Å². The van der Waals surface area contributed by atoms with Crippen molar-refractivity contribution in [3.05, 3.63) is 35.9 Å². The molecule has 0 saturated heterocycles. The van der Waals surface area contributed by atoms with Crippen molar-refractivity contribution in [2.24, 2.45) is 5.41 Å². The van der Waals surface area contributed by atoms with Gasteiger partial charge in [0.15, 0.2) is 4.34 Å². The summed E-state index contributed by atoms with van der Waals surface area (Å²) in [6, 6.07) is 10.2. The van der Waals surface area contributed by atoms with E-state index in [-0.39, 0.29) is 11.2 Å². The highest BCUT2D eigenvalue weighted by Crippen LogP contribution is 2.64. The number of rotatable bonds is 5. The second-order valence-corrected chi connectivity index (χ2v) is 9.76. The van der Waals surface area contributed by atoms with Gasteiger partial charge in [0.1, 0.15) is 4.33 Å². The summed E-state index contributed by atoms with van der Waals surface area (Å²) in [7, 11) is 0. The van der Waals surface area contributed by atoms with Crippen molar-refractivity contribution in [1.29, 1.82) is 0 Å². The number of halogens is 2. The quantitative estimate of drug-likeness (QED) is 0.449. The highest BCUT2D eigenvalue weighted by Gasteiger charge is 2.68. The van der Waals surface area contributed by atoms with Crippen LogP contribution in [0.3, 0.4) is 0 Å². The van der Waals surface area contributed by atoms with Gasteiger partial charge in [-0.1, -0.05) is 53.4 Å². The molecule has 1 heterocycles. The van der Waals surface area contributed by atoms with Gasteiger partial charge < -0.3 is 0 Å². The number of nitrogens with zero attached hydrogens (tertiary/aromatic N) is 2. The summed E-state index contributed by atoms with van der Waals surface area (Å²) in [6.07, 6.45) is 0.445. The van der Waals surface area contributed by atoms with Gasteiger partial charge in [0.25, 0.3) is 0 Å². The maximum absolute atomic E-state index is 12.2. The van der Waals surface area contributed by atoms with Gasteiger partial charge in [-0.15, -0.1) is 33.4 Å². The molecule has 1 N–H and O–H groups in total. The molecule has 1 aliphatic rings. The summed E-state index contributed by atoms with van der Waals surface area (Å²) in [5.41, 5.74) is 0.463. The summed E-state index contributed by atoms with van der Waals surface area (Å²) >= 11 is 15.0. The summed E-state index contributed by atoms with van der Waals surface area (Å²) < 4.78 is -0.179. The molecule has 1 amide bonds. The number of carbonyl (C=O) groups is 1. The first kappa shape index (κ1) is 17.0. The van der Waals surface area contributed by atoms with Crippen LogP contribution in [0.25, 0.3) is 0 Å². The van der Waals surface area contributed by atoms with E-state index in [9.17, 15) is 4.79 Å². The maximum atomic E-state index is 12.2. The van der Waals surface area contributed by atoms with Crippen molar-refractivity contribution in [2.45, 2.75) is 34.2 Å². The molecule has 2 atom stereocenters. The number of hydrogen-bond acceptors (Lipinski definition) is 5. The van der Waals surface area contributed by atoms with Crippen LogP contribution in [0, 0.1) is 5.41 Å². The SMILES string of the molecule is C[C@@H](Sc1nnc(NC(=O)[C@@]2(C)CC2(Cl)Cl)s1)c1ccccc1. The molecule has 1 saturated carbocycles. The van der Waals surface area contributed by atoms with Crippen LogP contribution in [0.5, 0.6) is 0 Å². The van der Waals surface area contributed by atoms with E-state index < -0.39 is 9.75 Å². The van der Waals surface area contributed by atoms with Gasteiger partial charge in [-0.05, 0) is 25.8 Å². The highest BCUT2D eigenvalue weighted by molar-refractivity contribution is 8.01. The average molecular weight is 388 g/mol. The monoisotopic (exact) mass is 387 g/mol. The van der Waals surface area contributed by atoms with Crippen LogP contribution in [0.2, 0.25) is 0 Å². The standard InChI is InChI=1S/C15H15Cl2N3OS2/c1-9(10-6-4-3-5-7-10)22-13-20-19-12(23-13)18-11(21)14(2)8-15(14,16)17/h3-7,9H,8H2,1-2H3,(H,18,19,21)/t9-,14-/m1/s1. The third kappa shape index (κ3) is 3.50. The van der Waals surface area contributed by atoms with Crippen LogP contribution in [-0.2, 0) is 4.79 Å². The number of carbonyl (C=O) groups excluding carboxylic acids is 1. The molecule has 2 aromatic rings. The molecule has 0 radical (unpaired) electrons. The Kier molecular flexibility index (Phi) is 4.62. The van der Waals surface area contributed by atoms with Crippen LogP contribution < -0.4 is 5.32 Å². The van der Waals surface area contributed by atoms with Crippen molar-refractivity contribution in [3.63, 3.8) is 0 Å². The zero-order valence-corrected chi connectivity index (χ0v) is 15.7. The van der Waals surface area contributed by atoms with E-state index in [4.69, 9.17) is 23.2 Å². The minimum absolute atomic E-state index is 0.216. The van der Waals surface area contributed by atoms with E-state index in [0.717, 1.165) is 4.34 Å². The van der Waals surface area contributed by atoms with Crippen LogP contribution >= 0.6 is 46.3 Å². The van der Waals surface area contributed by atoms with E-state index in [1.807, 2.05) is 18.2 Å². The third-order valence-corrected chi connectivity index (χ3v) is 7.11. The molecule has 1 aliphatic carbocycles. The Morgan fingerprint density at radius 3 is 2.61 bits per heavy atom. The fourth-order valence-electron chi connectivity index (χ4n) is 2.13. The topological polar surface area (TPSA) is 54.9 Å². The molecule has 0 spiro atoms. The Balaban J connectivity index is 1.62. The first-order valence-corrected chi connectivity index (χ1v) is 9.51. The second-order valence-electron chi connectivity index (χ2n) is 5.71. The van der Waals surface area contributed by atoms with E-state index in [1.54, 1.807) is 18.7 Å². The number of amides is 1. The Morgan fingerprint density at radius 2 is 2.00 bits per heavy atom. The molecule has 1 fully saturated rings. The number of benzene rings is 1. The van der Waals surface area contributed by atoms with Crippen molar-refractivity contribution in [1.82, 2.24) is 10.2 Å². The predicted molar refractivity (Wildman–Crippen MR) is 96.4 cm³/mol. The molecular weight excluding hydrogens is 373 g/mol. The van der Waals surface area contributed by atoms with E-state index in [0.29, 0.717) is 11.6 Å². The summed E-state index contributed by atoms with van der Waals surface area (Å²) in [6.45, 7) is 3.86. The van der Waals surface area contributed by atoms with Gasteiger partial charge in [-0.3, -0.25) is 10.1 Å². The molecule has 0 bridgehead atoms. The Bertz CT molecular complexity index is 723. The number of aromatic nitrogens is 2. The van der Waals surface area contributed by atoms with E-state index in [2.05, 4.69) is 34.6 Å². The average Bonchev–Trinajstić information content (AvgIpc) is 2.84. The Morgan fingerprint density at radius 1 is 1.35 bits per heavy atom. The number of anilines is 1. The molecular formula is C15H15Cl2N3OS2. The number of hydrogen-bond donors (Lipinski definition) is 1. The van der Waals surface area contributed by atoms with Gasteiger partial charge in [0, 0.05) is 5.25 Å². The predicted octanol–water partition coefficient (Wildman–Crippen LogP) is 4.91. The van der Waals surface area contributed by atoms with Gasteiger partial charge >= 0.3 is 0 Å².